The summed E-state index contributed by atoms with van der Waals surface area (Å²) in [4.78, 5) is 27.3. The van der Waals surface area contributed by atoms with E-state index >= 15 is 0 Å². The highest BCUT2D eigenvalue weighted by Crippen LogP contribution is 2.39. The normalized spacial score (nSPS) is 20.0. The first kappa shape index (κ1) is 13.9. The van der Waals surface area contributed by atoms with Crippen LogP contribution in [-0.4, -0.2) is 17.7 Å². The Labute approximate surface area is 135 Å². The van der Waals surface area contributed by atoms with Gasteiger partial charge in [-0.05, 0) is 30.0 Å². The first-order valence-electron chi connectivity index (χ1n) is 7.87. The van der Waals surface area contributed by atoms with E-state index in [-0.39, 0.29) is 17.7 Å². The van der Waals surface area contributed by atoms with Gasteiger partial charge in [0.05, 0.1) is 5.69 Å². The molecule has 0 saturated carbocycles. The lowest BCUT2D eigenvalue weighted by atomic mass is 9.96. The van der Waals surface area contributed by atoms with Gasteiger partial charge in [-0.2, -0.15) is 0 Å². The zero-order valence-corrected chi connectivity index (χ0v) is 13.0. The van der Waals surface area contributed by atoms with Crippen LogP contribution in [0.4, 0.5) is 5.69 Å². The third kappa shape index (κ3) is 2.20. The van der Waals surface area contributed by atoms with E-state index in [2.05, 4.69) is 6.07 Å². The molecule has 1 amide bonds. The number of allylic oxidation sites excluding steroid dienone is 1. The van der Waals surface area contributed by atoms with E-state index in [1.54, 1.807) is 0 Å². The van der Waals surface area contributed by atoms with Crippen LogP contribution in [0.1, 0.15) is 23.1 Å². The van der Waals surface area contributed by atoms with Crippen LogP contribution in [0.25, 0.3) is 5.57 Å². The molecule has 2 aliphatic heterocycles. The summed E-state index contributed by atoms with van der Waals surface area (Å²) in [5, 5.41) is 0. The summed E-state index contributed by atoms with van der Waals surface area (Å²) in [6, 6.07) is 15.5. The first-order chi connectivity index (χ1) is 11.1. The van der Waals surface area contributed by atoms with Gasteiger partial charge in [0.2, 0.25) is 0 Å². The van der Waals surface area contributed by atoms with E-state index in [1.165, 1.54) is 6.08 Å². The van der Waals surface area contributed by atoms with Crippen molar-refractivity contribution in [2.24, 2.45) is 0 Å². The zero-order valence-electron chi connectivity index (χ0n) is 13.0. The summed E-state index contributed by atoms with van der Waals surface area (Å²) in [6.45, 7) is 2.02. The molecule has 1 unspecified atom stereocenters. The minimum atomic E-state index is -0.0900. The number of carbonyl (C=O) groups excluding carboxylic acids is 2. The third-order valence-corrected chi connectivity index (χ3v) is 4.69. The summed E-state index contributed by atoms with van der Waals surface area (Å²) < 4.78 is 0. The second-order valence-electron chi connectivity index (χ2n) is 6.20. The van der Waals surface area contributed by atoms with Gasteiger partial charge in [-0.15, -0.1) is 0 Å². The minimum Gasteiger partial charge on any atom is -0.304 e. The van der Waals surface area contributed by atoms with Crippen molar-refractivity contribution >= 4 is 23.0 Å². The lowest BCUT2D eigenvalue weighted by Gasteiger charge is -2.23. The number of anilines is 1. The van der Waals surface area contributed by atoms with Gasteiger partial charge in [0.15, 0.2) is 5.78 Å². The molecular weight excluding hydrogens is 286 g/mol. The fraction of sp³-hybridized carbons (Fsp3) is 0.200. The maximum atomic E-state index is 12.8. The van der Waals surface area contributed by atoms with Crippen LogP contribution in [0.5, 0.6) is 0 Å². The molecule has 2 aromatic carbocycles. The lowest BCUT2D eigenvalue weighted by molar-refractivity contribution is -0.114. The summed E-state index contributed by atoms with van der Waals surface area (Å²) in [5.41, 5.74) is 4.58. The Hall–Kier alpha value is -2.68. The van der Waals surface area contributed by atoms with Gasteiger partial charge < -0.3 is 4.90 Å². The average Bonchev–Trinajstić information content (AvgIpc) is 2.87. The molecular formula is C20H17NO2. The van der Waals surface area contributed by atoms with E-state index in [0.717, 1.165) is 28.8 Å². The number of hydrogen-bond donors (Lipinski definition) is 0. The molecule has 114 valence electrons. The van der Waals surface area contributed by atoms with Gasteiger partial charge in [-0.1, -0.05) is 48.5 Å². The van der Waals surface area contributed by atoms with Gasteiger partial charge in [0.25, 0.3) is 5.91 Å². The van der Waals surface area contributed by atoms with Crippen molar-refractivity contribution in [3.8, 4) is 0 Å². The number of para-hydroxylation sites is 1. The predicted octanol–water partition coefficient (Wildman–Crippen LogP) is 3.31. The van der Waals surface area contributed by atoms with Crippen LogP contribution in [0, 0.1) is 6.92 Å². The van der Waals surface area contributed by atoms with E-state index in [1.807, 2.05) is 54.3 Å². The monoisotopic (exact) mass is 303 g/mol. The molecule has 2 heterocycles. The number of carbonyl (C=O) groups is 2. The Morgan fingerprint density at radius 2 is 1.74 bits per heavy atom. The van der Waals surface area contributed by atoms with Crippen molar-refractivity contribution in [3.63, 3.8) is 0 Å². The number of Topliss-reactive ketones (excluding diaryl/α,β-unsaturated/α-hetero) is 1. The highest BCUT2D eigenvalue weighted by atomic mass is 16.2. The fourth-order valence-corrected chi connectivity index (χ4v) is 3.67. The molecule has 1 atom stereocenters. The topological polar surface area (TPSA) is 37.4 Å². The van der Waals surface area contributed by atoms with Gasteiger partial charge >= 0.3 is 0 Å². The van der Waals surface area contributed by atoms with Crippen LogP contribution in [0.2, 0.25) is 0 Å². The average molecular weight is 303 g/mol. The molecule has 0 spiro atoms. The van der Waals surface area contributed by atoms with Gasteiger partial charge in [-0.25, -0.2) is 0 Å². The molecule has 0 fully saturated rings. The number of ketones is 1. The van der Waals surface area contributed by atoms with Crippen molar-refractivity contribution in [2.75, 3.05) is 4.90 Å². The fourth-order valence-electron chi connectivity index (χ4n) is 3.67. The summed E-state index contributed by atoms with van der Waals surface area (Å²) >= 11 is 0. The largest absolute Gasteiger partial charge is 0.304 e. The number of hydrogen-bond acceptors (Lipinski definition) is 2. The van der Waals surface area contributed by atoms with Crippen molar-refractivity contribution in [3.05, 3.63) is 71.3 Å². The maximum Gasteiger partial charge on any atom is 0.252 e. The molecule has 2 aromatic rings. The zero-order chi connectivity index (χ0) is 16.0. The van der Waals surface area contributed by atoms with Crippen molar-refractivity contribution in [1.29, 1.82) is 0 Å². The van der Waals surface area contributed by atoms with Gasteiger partial charge in [0, 0.05) is 24.1 Å². The number of benzene rings is 2. The SMILES string of the molecule is Cc1cccc2c1N1C(=O)C=C(c3ccccc3)C(=O)CC1C2. The van der Waals surface area contributed by atoms with Crippen LogP contribution >= 0.6 is 0 Å². The van der Waals surface area contributed by atoms with Crippen LogP contribution in [0.15, 0.2) is 54.6 Å². The first-order valence-corrected chi connectivity index (χ1v) is 7.87. The maximum absolute atomic E-state index is 12.8. The predicted molar refractivity (Wildman–Crippen MR) is 90.2 cm³/mol. The highest BCUT2D eigenvalue weighted by Gasteiger charge is 2.38. The quantitative estimate of drug-likeness (QED) is 0.810. The van der Waals surface area contributed by atoms with Crippen LogP contribution in [0.3, 0.4) is 0 Å². The van der Waals surface area contributed by atoms with E-state index in [0.29, 0.717) is 12.0 Å². The summed E-state index contributed by atoms with van der Waals surface area (Å²) in [7, 11) is 0. The van der Waals surface area contributed by atoms with E-state index < -0.39 is 0 Å². The molecule has 2 aliphatic rings. The van der Waals surface area contributed by atoms with Gasteiger partial charge in [-0.3, -0.25) is 9.59 Å². The lowest BCUT2D eigenvalue weighted by Crippen LogP contribution is -2.36. The number of fused-ring (bicyclic) bond motifs is 3. The van der Waals surface area contributed by atoms with Crippen molar-refractivity contribution in [1.82, 2.24) is 0 Å². The molecule has 0 bridgehead atoms. The smallest absolute Gasteiger partial charge is 0.252 e. The number of amides is 1. The molecule has 0 aromatic heterocycles. The number of nitrogens with zero attached hydrogens (tertiary/aromatic N) is 1. The Kier molecular flexibility index (Phi) is 3.15. The highest BCUT2D eigenvalue weighted by molar-refractivity contribution is 6.28. The van der Waals surface area contributed by atoms with Crippen LogP contribution < -0.4 is 4.90 Å². The second kappa shape index (κ2) is 5.20. The molecule has 23 heavy (non-hydrogen) atoms. The second-order valence-corrected chi connectivity index (χ2v) is 6.20. The molecule has 0 saturated heterocycles. The summed E-state index contributed by atoms with van der Waals surface area (Å²) in [5.74, 6) is -0.0461. The van der Waals surface area contributed by atoms with Crippen LogP contribution in [-0.2, 0) is 16.0 Å². The Morgan fingerprint density at radius 1 is 0.957 bits per heavy atom. The Balaban J connectivity index is 1.81. The minimum absolute atomic E-state index is 0.0440. The van der Waals surface area contributed by atoms with Gasteiger partial charge in [0.1, 0.15) is 0 Å². The van der Waals surface area contributed by atoms with E-state index in [9.17, 15) is 9.59 Å². The number of rotatable bonds is 1. The van der Waals surface area contributed by atoms with E-state index in [4.69, 9.17) is 0 Å². The molecule has 0 N–H and O–H groups in total. The third-order valence-electron chi connectivity index (χ3n) is 4.69. The molecule has 3 heteroatoms. The molecule has 0 radical (unpaired) electrons. The molecule has 4 rings (SSSR count). The molecule has 3 nitrogen and oxygen atoms in total. The standard InChI is InChI=1S/C20H17NO2/c1-13-6-5-9-15-10-16-11-18(22)17(14-7-3-2-4-8-14)12-19(23)21(16)20(13)15/h2-9,12,16H,10-11H2,1H3. The molecule has 0 aliphatic carbocycles. The summed E-state index contributed by atoms with van der Waals surface area (Å²) in [6.07, 6.45) is 2.64. The van der Waals surface area contributed by atoms with Crippen molar-refractivity contribution in [2.45, 2.75) is 25.8 Å². The Bertz CT molecular complexity index is 836. The number of aryl methyl sites for hydroxylation is 1. The van der Waals surface area contributed by atoms with Crippen molar-refractivity contribution < 1.29 is 9.59 Å². The Morgan fingerprint density at radius 3 is 2.52 bits per heavy atom.